The second-order valence-electron chi connectivity index (χ2n) is 3.03. The maximum atomic E-state index is 9.92. The molecular weight excluding hydrogens is 126 g/mol. The number of amides is 1. The molecule has 1 saturated carbocycles. The molecule has 57 valence electrons. The highest BCUT2D eigenvalue weighted by Gasteiger charge is 2.22. The van der Waals surface area contributed by atoms with Gasteiger partial charge in [0.25, 0.3) is 0 Å². The van der Waals surface area contributed by atoms with Crippen LogP contribution in [0.5, 0.6) is 0 Å². The van der Waals surface area contributed by atoms with E-state index in [9.17, 15) is 4.79 Å². The van der Waals surface area contributed by atoms with E-state index in [0.29, 0.717) is 6.04 Å². The van der Waals surface area contributed by atoms with E-state index in [1.165, 1.54) is 12.8 Å². The van der Waals surface area contributed by atoms with Crippen LogP contribution in [-0.2, 0) is 4.79 Å². The Morgan fingerprint density at radius 1 is 1.60 bits per heavy atom. The molecule has 1 aliphatic rings. The minimum absolute atomic E-state index is 0.419. The minimum atomic E-state index is 0.419. The highest BCUT2D eigenvalue weighted by atomic mass is 16.1. The van der Waals surface area contributed by atoms with E-state index in [-0.39, 0.29) is 0 Å². The van der Waals surface area contributed by atoms with Crippen molar-refractivity contribution in [1.82, 2.24) is 5.32 Å². The molecule has 1 fully saturated rings. The van der Waals surface area contributed by atoms with Crippen molar-refractivity contribution >= 4 is 6.41 Å². The van der Waals surface area contributed by atoms with Gasteiger partial charge in [-0.2, -0.15) is 0 Å². The van der Waals surface area contributed by atoms with Gasteiger partial charge in [-0.25, -0.2) is 0 Å². The van der Waals surface area contributed by atoms with Gasteiger partial charge in [-0.1, -0.05) is 13.3 Å². The normalized spacial score (nSPS) is 32.1. The molecule has 0 aromatic carbocycles. The van der Waals surface area contributed by atoms with E-state index in [4.69, 9.17) is 0 Å². The summed E-state index contributed by atoms with van der Waals surface area (Å²) in [4.78, 5) is 9.92. The average Bonchev–Trinajstić information content (AvgIpc) is 2.37. The zero-order valence-corrected chi connectivity index (χ0v) is 6.39. The van der Waals surface area contributed by atoms with Crippen LogP contribution < -0.4 is 5.32 Å². The standard InChI is InChI=1S/C8H14NO/c1-2-7-3-4-8(5-7)9-6-10/h7-8H,2-5H2,1H3,(H,9,10). The molecule has 0 saturated heterocycles. The molecule has 0 aromatic heterocycles. The fourth-order valence-electron chi connectivity index (χ4n) is 1.66. The fraction of sp³-hybridized carbons (Fsp3) is 0.875. The molecule has 2 nitrogen and oxygen atoms in total. The second-order valence-corrected chi connectivity index (χ2v) is 3.03. The summed E-state index contributed by atoms with van der Waals surface area (Å²) < 4.78 is 0. The van der Waals surface area contributed by atoms with Crippen molar-refractivity contribution in [3.8, 4) is 0 Å². The second kappa shape index (κ2) is 3.59. The Bertz CT molecular complexity index is 114. The summed E-state index contributed by atoms with van der Waals surface area (Å²) in [6.07, 6.45) is 6.58. The van der Waals surface area contributed by atoms with Crippen LogP contribution in [0, 0.1) is 5.92 Å². The van der Waals surface area contributed by atoms with E-state index < -0.39 is 0 Å². The van der Waals surface area contributed by atoms with Gasteiger partial charge in [0.1, 0.15) is 0 Å². The van der Waals surface area contributed by atoms with Crippen molar-refractivity contribution in [3.63, 3.8) is 0 Å². The lowest BCUT2D eigenvalue weighted by Crippen LogP contribution is -2.24. The van der Waals surface area contributed by atoms with E-state index in [1.807, 2.05) is 0 Å². The van der Waals surface area contributed by atoms with Gasteiger partial charge in [-0.3, -0.25) is 4.79 Å². The lowest BCUT2D eigenvalue weighted by molar-refractivity contribution is 0.492. The predicted octanol–water partition coefficient (Wildman–Crippen LogP) is 1.22. The van der Waals surface area contributed by atoms with Gasteiger partial charge in [0, 0.05) is 6.04 Å². The number of rotatable bonds is 3. The zero-order chi connectivity index (χ0) is 7.40. The molecule has 0 bridgehead atoms. The van der Waals surface area contributed by atoms with Crippen molar-refractivity contribution < 1.29 is 4.79 Å². The van der Waals surface area contributed by atoms with E-state index in [1.54, 1.807) is 6.41 Å². The van der Waals surface area contributed by atoms with Crippen molar-refractivity contribution in [2.75, 3.05) is 0 Å². The number of nitrogens with one attached hydrogen (secondary N) is 1. The van der Waals surface area contributed by atoms with E-state index in [0.717, 1.165) is 18.8 Å². The van der Waals surface area contributed by atoms with Gasteiger partial charge < -0.3 is 5.32 Å². The highest BCUT2D eigenvalue weighted by molar-refractivity contribution is 5.47. The molecule has 2 atom stereocenters. The summed E-state index contributed by atoms with van der Waals surface area (Å²) >= 11 is 0. The third kappa shape index (κ3) is 1.72. The Morgan fingerprint density at radius 2 is 2.40 bits per heavy atom. The third-order valence-electron chi connectivity index (χ3n) is 2.38. The predicted molar refractivity (Wildman–Crippen MR) is 40.2 cm³/mol. The molecule has 1 N–H and O–H groups in total. The number of carbonyl (C=O) groups excluding carboxylic acids is 1. The molecule has 0 aromatic rings. The molecule has 1 amide bonds. The van der Waals surface area contributed by atoms with Gasteiger partial charge in [0.05, 0.1) is 0 Å². The van der Waals surface area contributed by atoms with E-state index in [2.05, 4.69) is 12.2 Å². The SMILES string of the molecule is CCC1CCC(N[C]=O)C1. The Labute approximate surface area is 62.0 Å². The van der Waals surface area contributed by atoms with Gasteiger partial charge >= 0.3 is 6.41 Å². The summed E-state index contributed by atoms with van der Waals surface area (Å²) in [5.74, 6) is 0.839. The quantitative estimate of drug-likeness (QED) is 0.587. The first-order valence-electron chi connectivity index (χ1n) is 3.99. The molecule has 0 heterocycles. The summed E-state index contributed by atoms with van der Waals surface area (Å²) in [7, 11) is 0. The zero-order valence-electron chi connectivity index (χ0n) is 6.39. The maximum Gasteiger partial charge on any atom is 0.309 e. The van der Waals surface area contributed by atoms with Crippen LogP contribution in [0.4, 0.5) is 0 Å². The molecular formula is C8H14NO. The molecule has 10 heavy (non-hydrogen) atoms. The first-order chi connectivity index (χ1) is 4.86. The summed E-state index contributed by atoms with van der Waals surface area (Å²) in [5, 5.41) is 2.70. The first kappa shape index (κ1) is 7.58. The molecule has 1 radical (unpaired) electrons. The van der Waals surface area contributed by atoms with Gasteiger partial charge in [0.2, 0.25) is 0 Å². The van der Waals surface area contributed by atoms with Crippen molar-refractivity contribution in [3.05, 3.63) is 0 Å². The summed E-state index contributed by atoms with van der Waals surface area (Å²) in [5.41, 5.74) is 0. The van der Waals surface area contributed by atoms with Crippen molar-refractivity contribution in [1.29, 1.82) is 0 Å². The lowest BCUT2D eigenvalue weighted by atomic mass is 10.1. The number of hydrogen-bond donors (Lipinski definition) is 1. The average molecular weight is 140 g/mol. The van der Waals surface area contributed by atoms with Gasteiger partial charge in [-0.15, -0.1) is 0 Å². The largest absolute Gasteiger partial charge is 0.345 e. The van der Waals surface area contributed by atoms with Crippen LogP contribution in [0.25, 0.3) is 0 Å². The first-order valence-corrected chi connectivity index (χ1v) is 3.99. The van der Waals surface area contributed by atoms with Gasteiger partial charge in [0.15, 0.2) is 0 Å². The van der Waals surface area contributed by atoms with Gasteiger partial charge in [-0.05, 0) is 25.2 Å². The molecule has 1 rings (SSSR count). The Hall–Kier alpha value is -0.530. The molecule has 1 aliphatic carbocycles. The van der Waals surface area contributed by atoms with Crippen LogP contribution in [0.2, 0.25) is 0 Å². The van der Waals surface area contributed by atoms with Crippen LogP contribution >= 0.6 is 0 Å². The molecule has 0 aliphatic heterocycles. The molecule has 0 spiro atoms. The Balaban J connectivity index is 2.21. The third-order valence-corrected chi connectivity index (χ3v) is 2.38. The monoisotopic (exact) mass is 140 g/mol. The smallest absolute Gasteiger partial charge is 0.309 e. The minimum Gasteiger partial charge on any atom is -0.345 e. The topological polar surface area (TPSA) is 29.1 Å². The van der Waals surface area contributed by atoms with E-state index >= 15 is 0 Å². The maximum absolute atomic E-state index is 9.92. The lowest BCUT2D eigenvalue weighted by Gasteiger charge is -2.06. The molecule has 2 unspecified atom stereocenters. The Morgan fingerprint density at radius 3 is 2.90 bits per heavy atom. The van der Waals surface area contributed by atoms with Crippen LogP contribution in [0.1, 0.15) is 32.6 Å². The summed E-state index contributed by atoms with van der Waals surface area (Å²) in [6.45, 7) is 2.21. The van der Waals surface area contributed by atoms with Crippen LogP contribution in [0.15, 0.2) is 0 Å². The summed E-state index contributed by atoms with van der Waals surface area (Å²) in [6, 6.07) is 0.419. The van der Waals surface area contributed by atoms with Crippen LogP contribution in [-0.4, -0.2) is 12.5 Å². The number of hydrogen-bond acceptors (Lipinski definition) is 1. The van der Waals surface area contributed by atoms with Crippen LogP contribution in [0.3, 0.4) is 0 Å². The Kier molecular flexibility index (Phi) is 2.72. The fourth-order valence-corrected chi connectivity index (χ4v) is 1.66. The van der Waals surface area contributed by atoms with Crippen molar-refractivity contribution in [2.45, 2.75) is 38.6 Å². The highest BCUT2D eigenvalue weighted by Crippen LogP contribution is 2.27. The molecule has 2 heteroatoms. The van der Waals surface area contributed by atoms with Crippen molar-refractivity contribution in [2.24, 2.45) is 5.92 Å².